The number of hydrogen-bond acceptors (Lipinski definition) is 5. The van der Waals surface area contributed by atoms with Crippen molar-refractivity contribution in [2.24, 2.45) is 0 Å². The van der Waals surface area contributed by atoms with Crippen molar-refractivity contribution in [3.63, 3.8) is 0 Å². The molecule has 3 aromatic carbocycles. The van der Waals surface area contributed by atoms with Gasteiger partial charge in [0.25, 0.3) is 17.7 Å². The number of hydrogen-bond donors (Lipinski definition) is 2. The van der Waals surface area contributed by atoms with Gasteiger partial charge in [-0.25, -0.2) is 9.29 Å². The molecule has 0 radical (unpaired) electrons. The first-order valence-electron chi connectivity index (χ1n) is 10.4. The molecule has 0 aromatic heterocycles. The average molecular weight is 461 g/mol. The van der Waals surface area contributed by atoms with E-state index in [2.05, 4.69) is 10.6 Å². The average Bonchev–Trinajstić information content (AvgIpc) is 3.06. The molecule has 0 bridgehead atoms. The third-order valence-electron chi connectivity index (χ3n) is 5.09. The Hall–Kier alpha value is -4.53. The third-order valence-corrected chi connectivity index (χ3v) is 5.09. The first-order chi connectivity index (χ1) is 16.3. The van der Waals surface area contributed by atoms with Gasteiger partial charge in [-0.15, -0.1) is 0 Å². The monoisotopic (exact) mass is 461 g/mol. The molecule has 4 rings (SSSR count). The van der Waals surface area contributed by atoms with Gasteiger partial charge >= 0.3 is 0 Å². The maximum absolute atomic E-state index is 13.8. The lowest BCUT2D eigenvalue weighted by molar-refractivity contribution is -0.114. The van der Waals surface area contributed by atoms with E-state index in [1.165, 1.54) is 37.3 Å². The SMILES string of the molecule is CCOc1ccc(N2C(=O)c3ccc(C(=O)Nc4ccc(F)c(NC(C)=O)c4)cc3C2=O)cc1. The molecule has 34 heavy (non-hydrogen) atoms. The summed E-state index contributed by atoms with van der Waals surface area (Å²) in [5, 5.41) is 4.94. The summed E-state index contributed by atoms with van der Waals surface area (Å²) in [6.07, 6.45) is 0. The fourth-order valence-electron chi connectivity index (χ4n) is 3.57. The van der Waals surface area contributed by atoms with Crippen LogP contribution in [-0.2, 0) is 4.79 Å². The summed E-state index contributed by atoms with van der Waals surface area (Å²) in [6, 6.07) is 14.5. The van der Waals surface area contributed by atoms with E-state index in [4.69, 9.17) is 4.74 Å². The van der Waals surface area contributed by atoms with Gasteiger partial charge in [0, 0.05) is 18.2 Å². The molecule has 1 aliphatic rings. The van der Waals surface area contributed by atoms with Crippen LogP contribution in [0.25, 0.3) is 0 Å². The second kappa shape index (κ2) is 9.14. The van der Waals surface area contributed by atoms with E-state index >= 15 is 0 Å². The Labute approximate surface area is 194 Å². The number of amides is 4. The zero-order valence-electron chi connectivity index (χ0n) is 18.3. The first-order valence-corrected chi connectivity index (χ1v) is 10.4. The largest absolute Gasteiger partial charge is 0.494 e. The Bertz CT molecular complexity index is 1320. The van der Waals surface area contributed by atoms with Gasteiger partial charge in [0.2, 0.25) is 5.91 Å². The van der Waals surface area contributed by atoms with Gasteiger partial charge in [0.05, 0.1) is 29.1 Å². The lowest BCUT2D eigenvalue weighted by Crippen LogP contribution is -2.29. The number of nitrogens with zero attached hydrogens (tertiary/aromatic N) is 1. The zero-order chi connectivity index (χ0) is 24.4. The number of rotatable bonds is 6. The normalized spacial score (nSPS) is 12.4. The van der Waals surface area contributed by atoms with Crippen molar-refractivity contribution in [3.05, 3.63) is 83.2 Å². The molecule has 9 heteroatoms. The van der Waals surface area contributed by atoms with Crippen molar-refractivity contribution < 1.29 is 28.3 Å². The molecule has 0 fully saturated rings. The quantitative estimate of drug-likeness (QED) is 0.535. The molecule has 0 aliphatic carbocycles. The summed E-state index contributed by atoms with van der Waals surface area (Å²) in [5.41, 5.74) is 0.978. The predicted octanol–water partition coefficient (Wildman–Crippen LogP) is 4.24. The maximum Gasteiger partial charge on any atom is 0.266 e. The Balaban J connectivity index is 1.56. The fraction of sp³-hybridized carbons (Fsp3) is 0.120. The van der Waals surface area contributed by atoms with E-state index in [-0.39, 0.29) is 28.1 Å². The molecule has 0 atom stereocenters. The molecule has 1 heterocycles. The number of anilines is 3. The second-order valence-electron chi connectivity index (χ2n) is 7.46. The molecule has 4 amide bonds. The second-order valence-corrected chi connectivity index (χ2v) is 7.46. The van der Waals surface area contributed by atoms with E-state index in [1.54, 1.807) is 24.3 Å². The topological polar surface area (TPSA) is 105 Å². The Morgan fingerprint density at radius 2 is 1.62 bits per heavy atom. The van der Waals surface area contributed by atoms with Crippen molar-refractivity contribution >= 4 is 40.7 Å². The minimum Gasteiger partial charge on any atom is -0.494 e. The minimum absolute atomic E-state index is 0.0778. The number of carbonyl (C=O) groups is 4. The number of fused-ring (bicyclic) bond motifs is 1. The molecule has 8 nitrogen and oxygen atoms in total. The predicted molar refractivity (Wildman–Crippen MR) is 124 cm³/mol. The molecule has 0 saturated heterocycles. The summed E-state index contributed by atoms with van der Waals surface area (Å²) in [6.45, 7) is 3.58. The highest BCUT2D eigenvalue weighted by molar-refractivity contribution is 6.34. The lowest BCUT2D eigenvalue weighted by atomic mass is 10.1. The van der Waals surface area contributed by atoms with Crippen LogP contribution in [0.3, 0.4) is 0 Å². The highest BCUT2D eigenvalue weighted by Crippen LogP contribution is 2.30. The zero-order valence-corrected chi connectivity index (χ0v) is 18.3. The summed E-state index contributed by atoms with van der Waals surface area (Å²) in [5.74, 6) is -2.10. The van der Waals surface area contributed by atoms with Gasteiger partial charge in [0.1, 0.15) is 11.6 Å². The van der Waals surface area contributed by atoms with Crippen molar-refractivity contribution in [2.75, 3.05) is 22.1 Å². The van der Waals surface area contributed by atoms with Crippen molar-refractivity contribution in [1.29, 1.82) is 0 Å². The van der Waals surface area contributed by atoms with Crippen LogP contribution < -0.4 is 20.3 Å². The number of benzene rings is 3. The number of carbonyl (C=O) groups excluding carboxylic acids is 4. The smallest absolute Gasteiger partial charge is 0.266 e. The number of ether oxygens (including phenoxy) is 1. The van der Waals surface area contributed by atoms with E-state index in [9.17, 15) is 23.6 Å². The summed E-state index contributed by atoms with van der Waals surface area (Å²) >= 11 is 0. The molecular weight excluding hydrogens is 441 g/mol. The van der Waals surface area contributed by atoms with Crippen LogP contribution in [-0.4, -0.2) is 30.2 Å². The Kier molecular flexibility index (Phi) is 6.09. The highest BCUT2D eigenvalue weighted by atomic mass is 19.1. The number of nitrogens with one attached hydrogen (secondary N) is 2. The van der Waals surface area contributed by atoms with Crippen molar-refractivity contribution in [3.8, 4) is 5.75 Å². The van der Waals surface area contributed by atoms with Crippen LogP contribution in [0, 0.1) is 5.82 Å². The van der Waals surface area contributed by atoms with Crippen LogP contribution >= 0.6 is 0 Å². The van der Waals surface area contributed by atoms with Gasteiger partial charge in [-0.1, -0.05) is 0 Å². The summed E-state index contributed by atoms with van der Waals surface area (Å²) in [7, 11) is 0. The molecule has 3 aromatic rings. The van der Waals surface area contributed by atoms with E-state index in [0.717, 1.165) is 11.0 Å². The van der Waals surface area contributed by atoms with E-state index < -0.39 is 29.4 Å². The van der Waals surface area contributed by atoms with Crippen LogP contribution in [0.4, 0.5) is 21.5 Å². The van der Waals surface area contributed by atoms with Gasteiger partial charge in [-0.05, 0) is 67.6 Å². The van der Waals surface area contributed by atoms with Gasteiger partial charge in [-0.3, -0.25) is 19.2 Å². The lowest BCUT2D eigenvalue weighted by Gasteiger charge is -2.14. The Morgan fingerprint density at radius 1 is 0.912 bits per heavy atom. The maximum atomic E-state index is 13.8. The fourth-order valence-corrected chi connectivity index (χ4v) is 3.57. The van der Waals surface area contributed by atoms with Crippen LogP contribution in [0.2, 0.25) is 0 Å². The molecule has 1 aliphatic heterocycles. The molecule has 0 saturated carbocycles. The number of imide groups is 1. The van der Waals surface area contributed by atoms with E-state index in [1.807, 2.05) is 6.92 Å². The number of halogens is 1. The summed E-state index contributed by atoms with van der Waals surface area (Å²) in [4.78, 5) is 50.9. The van der Waals surface area contributed by atoms with E-state index in [0.29, 0.717) is 18.0 Å². The molecule has 2 N–H and O–H groups in total. The van der Waals surface area contributed by atoms with Gasteiger partial charge in [0.15, 0.2) is 0 Å². The van der Waals surface area contributed by atoms with Crippen molar-refractivity contribution in [2.45, 2.75) is 13.8 Å². The molecule has 172 valence electrons. The highest BCUT2D eigenvalue weighted by Gasteiger charge is 2.37. The minimum atomic E-state index is -0.649. The Morgan fingerprint density at radius 3 is 2.29 bits per heavy atom. The molecular formula is C25H20FN3O5. The van der Waals surface area contributed by atoms with Crippen LogP contribution in [0.1, 0.15) is 44.9 Å². The van der Waals surface area contributed by atoms with Gasteiger partial charge in [-0.2, -0.15) is 0 Å². The third kappa shape index (κ3) is 4.36. The van der Waals surface area contributed by atoms with Crippen molar-refractivity contribution in [1.82, 2.24) is 0 Å². The van der Waals surface area contributed by atoms with Crippen LogP contribution in [0.15, 0.2) is 60.7 Å². The first kappa shape index (κ1) is 22.7. The standard InChI is InChI=1S/C25H20FN3O5/c1-3-34-18-8-6-17(7-9-18)29-24(32)19-10-4-15(12-20(19)25(29)33)23(31)28-16-5-11-21(26)22(13-16)27-14(2)30/h4-13H,3H2,1-2H3,(H,27,30)(H,28,31). The van der Waals surface area contributed by atoms with Gasteiger partial charge < -0.3 is 15.4 Å². The molecule has 0 unspecified atom stereocenters. The summed E-state index contributed by atoms with van der Waals surface area (Å²) < 4.78 is 19.2. The van der Waals surface area contributed by atoms with Crippen LogP contribution in [0.5, 0.6) is 5.75 Å². The molecule has 0 spiro atoms.